The molecule has 0 atom stereocenters. The van der Waals surface area contributed by atoms with Gasteiger partial charge in [0.05, 0.1) is 14.2 Å². The second-order valence-corrected chi connectivity index (χ2v) is 1.62. The van der Waals surface area contributed by atoms with Crippen molar-refractivity contribution in [2.75, 3.05) is 14.2 Å². The van der Waals surface area contributed by atoms with Crippen LogP contribution in [0.1, 0.15) is 0 Å². The van der Waals surface area contributed by atoms with E-state index < -0.39 is 11.9 Å². The van der Waals surface area contributed by atoms with Gasteiger partial charge in [0.2, 0.25) is 0 Å². The van der Waals surface area contributed by atoms with E-state index in [-0.39, 0.29) is 0 Å². The van der Waals surface area contributed by atoms with Crippen molar-refractivity contribution in [1.82, 2.24) is 0 Å². The first-order chi connectivity index (χ1) is 5.70. The molecule has 0 bridgehead atoms. The number of hydrogen-bond acceptors (Lipinski definition) is 4. The number of allylic oxidation sites excluding steroid dienone is 1. The smallest absolute Gasteiger partial charge is 0.384 e. The molecule has 0 aliphatic heterocycles. The number of esters is 2. The Morgan fingerprint density at radius 1 is 1.25 bits per heavy atom. The molecule has 4 nitrogen and oxygen atoms in total. The van der Waals surface area contributed by atoms with Gasteiger partial charge in [0.15, 0.2) is 0 Å². The van der Waals surface area contributed by atoms with Gasteiger partial charge in [0.25, 0.3) is 0 Å². The second kappa shape index (κ2) is 5.98. The molecule has 0 saturated heterocycles. The highest BCUT2D eigenvalue weighted by molar-refractivity contribution is 5.89. The topological polar surface area (TPSA) is 52.6 Å². The minimum atomic E-state index is -0.649. The van der Waals surface area contributed by atoms with Crippen molar-refractivity contribution in [3.63, 3.8) is 0 Å². The molecule has 64 valence electrons. The van der Waals surface area contributed by atoms with E-state index in [2.05, 4.69) is 21.3 Å². The Kier molecular flexibility index (Phi) is 5.11. The molecule has 12 heavy (non-hydrogen) atoms. The highest BCUT2D eigenvalue weighted by atomic mass is 16.5. The van der Waals surface area contributed by atoms with E-state index in [0.717, 1.165) is 6.08 Å². The minimum Gasteiger partial charge on any atom is -0.466 e. The van der Waals surface area contributed by atoms with Crippen molar-refractivity contribution >= 4 is 11.9 Å². The van der Waals surface area contributed by atoms with Gasteiger partial charge in [-0.3, -0.25) is 0 Å². The average molecular weight is 168 g/mol. The van der Waals surface area contributed by atoms with Gasteiger partial charge >= 0.3 is 11.9 Å². The van der Waals surface area contributed by atoms with E-state index >= 15 is 0 Å². The molecule has 0 aromatic heterocycles. The third-order valence-corrected chi connectivity index (χ3v) is 0.864. The lowest BCUT2D eigenvalue weighted by molar-refractivity contribution is -0.135. The number of rotatable bonds is 1. The second-order valence-electron chi connectivity index (χ2n) is 1.62. The fraction of sp³-hybridized carbons (Fsp3) is 0.250. The average Bonchev–Trinajstić information content (AvgIpc) is 2.11. The molecule has 0 fully saturated rings. The SMILES string of the molecule is COC(=O)C#C/C=C/C(=O)OC. The maximum atomic E-state index is 10.4. The highest BCUT2D eigenvalue weighted by Gasteiger charge is 1.88. The molecule has 0 amide bonds. The first-order valence-corrected chi connectivity index (χ1v) is 3.04. The summed E-state index contributed by atoms with van der Waals surface area (Å²) in [5.41, 5.74) is 0. The lowest BCUT2D eigenvalue weighted by Crippen LogP contribution is -1.94. The molecule has 0 aliphatic carbocycles. The Labute approximate surface area is 70.2 Å². The van der Waals surface area contributed by atoms with Crippen molar-refractivity contribution in [2.45, 2.75) is 0 Å². The third kappa shape index (κ3) is 5.06. The van der Waals surface area contributed by atoms with Crippen LogP contribution in [0, 0.1) is 11.8 Å². The Morgan fingerprint density at radius 2 is 1.92 bits per heavy atom. The Bertz CT molecular complexity index is 254. The standard InChI is InChI=1S/C8H8O4/c1-11-7(9)5-3-4-6-8(10)12-2/h3,5H,1-2H3/b5-3+. The fourth-order valence-corrected chi connectivity index (χ4v) is 0.329. The summed E-state index contributed by atoms with van der Waals surface area (Å²) in [6.07, 6.45) is 2.32. The van der Waals surface area contributed by atoms with Crippen LogP contribution in [-0.4, -0.2) is 26.2 Å². The molecule has 0 radical (unpaired) electrons. The van der Waals surface area contributed by atoms with Crippen molar-refractivity contribution < 1.29 is 19.1 Å². The van der Waals surface area contributed by atoms with E-state index in [4.69, 9.17) is 0 Å². The normalized spacial score (nSPS) is 8.50. The van der Waals surface area contributed by atoms with Gasteiger partial charge in [0.1, 0.15) is 0 Å². The lowest BCUT2D eigenvalue weighted by Gasteiger charge is -1.85. The summed E-state index contributed by atoms with van der Waals surface area (Å²) in [6, 6.07) is 0. The monoisotopic (exact) mass is 168 g/mol. The number of ether oxygens (including phenoxy) is 2. The third-order valence-electron chi connectivity index (χ3n) is 0.864. The Morgan fingerprint density at radius 3 is 2.42 bits per heavy atom. The maximum absolute atomic E-state index is 10.4. The van der Waals surface area contributed by atoms with Gasteiger partial charge in [0, 0.05) is 12.0 Å². The molecule has 0 spiro atoms. The van der Waals surface area contributed by atoms with Crippen molar-refractivity contribution in [3.8, 4) is 11.8 Å². The van der Waals surface area contributed by atoms with Crippen LogP contribution in [0.3, 0.4) is 0 Å². The largest absolute Gasteiger partial charge is 0.466 e. The molecular formula is C8H8O4. The maximum Gasteiger partial charge on any atom is 0.384 e. The zero-order valence-corrected chi connectivity index (χ0v) is 6.79. The van der Waals surface area contributed by atoms with Crippen LogP contribution in [0.15, 0.2) is 12.2 Å². The van der Waals surface area contributed by atoms with E-state index in [0.29, 0.717) is 0 Å². The van der Waals surface area contributed by atoms with Crippen molar-refractivity contribution in [3.05, 3.63) is 12.2 Å². The predicted molar refractivity (Wildman–Crippen MR) is 40.9 cm³/mol. The lowest BCUT2D eigenvalue weighted by atomic mass is 10.5. The number of carbonyl (C=O) groups excluding carboxylic acids is 2. The van der Waals surface area contributed by atoms with Crippen LogP contribution in [0.2, 0.25) is 0 Å². The van der Waals surface area contributed by atoms with E-state index in [1.54, 1.807) is 0 Å². The van der Waals surface area contributed by atoms with E-state index in [1.165, 1.54) is 20.3 Å². The van der Waals surface area contributed by atoms with Gasteiger partial charge < -0.3 is 9.47 Å². The van der Waals surface area contributed by atoms with Gasteiger partial charge in [-0.15, -0.1) is 0 Å². The summed E-state index contributed by atoms with van der Waals surface area (Å²) in [6.45, 7) is 0. The van der Waals surface area contributed by atoms with Crippen molar-refractivity contribution in [2.24, 2.45) is 0 Å². The predicted octanol–water partition coefficient (Wildman–Crippen LogP) is -0.108. The molecule has 0 unspecified atom stereocenters. The van der Waals surface area contributed by atoms with Crippen LogP contribution < -0.4 is 0 Å². The quantitative estimate of drug-likeness (QED) is 0.237. The summed E-state index contributed by atoms with van der Waals surface area (Å²) >= 11 is 0. The molecule has 0 aromatic rings. The highest BCUT2D eigenvalue weighted by Crippen LogP contribution is 1.76. The van der Waals surface area contributed by atoms with Crippen LogP contribution in [0.25, 0.3) is 0 Å². The number of methoxy groups -OCH3 is 2. The van der Waals surface area contributed by atoms with E-state index in [9.17, 15) is 9.59 Å². The molecule has 0 N–H and O–H groups in total. The zero-order valence-electron chi connectivity index (χ0n) is 6.79. The molecule has 0 rings (SSSR count). The van der Waals surface area contributed by atoms with Crippen LogP contribution >= 0.6 is 0 Å². The van der Waals surface area contributed by atoms with Crippen LogP contribution in [0.4, 0.5) is 0 Å². The summed E-state index contributed by atoms with van der Waals surface area (Å²) in [5, 5.41) is 0. The number of carbonyl (C=O) groups is 2. The molecule has 0 heterocycles. The fourth-order valence-electron chi connectivity index (χ4n) is 0.329. The minimum absolute atomic E-state index is 0.519. The van der Waals surface area contributed by atoms with Gasteiger partial charge in [-0.25, -0.2) is 9.59 Å². The first-order valence-electron chi connectivity index (χ1n) is 3.04. The van der Waals surface area contributed by atoms with Gasteiger partial charge in [-0.1, -0.05) is 5.92 Å². The van der Waals surface area contributed by atoms with Crippen LogP contribution in [0.5, 0.6) is 0 Å². The molecule has 0 aliphatic rings. The van der Waals surface area contributed by atoms with E-state index in [1.807, 2.05) is 0 Å². The molecule has 4 heteroatoms. The number of hydrogen-bond donors (Lipinski definition) is 0. The zero-order chi connectivity index (χ0) is 9.40. The Balaban J connectivity index is 3.93. The summed E-state index contributed by atoms with van der Waals surface area (Å²) in [5.74, 6) is 3.23. The summed E-state index contributed by atoms with van der Waals surface area (Å²) in [4.78, 5) is 20.8. The molecule has 0 saturated carbocycles. The summed E-state index contributed by atoms with van der Waals surface area (Å²) < 4.78 is 8.49. The van der Waals surface area contributed by atoms with Gasteiger partial charge in [-0.2, -0.15) is 0 Å². The molecular weight excluding hydrogens is 160 g/mol. The summed E-state index contributed by atoms with van der Waals surface area (Å²) in [7, 11) is 2.47. The molecule has 0 aromatic carbocycles. The van der Waals surface area contributed by atoms with Crippen molar-refractivity contribution in [1.29, 1.82) is 0 Å². The van der Waals surface area contributed by atoms with Crippen LogP contribution in [-0.2, 0) is 19.1 Å². The first kappa shape index (κ1) is 10.2. The Hall–Kier alpha value is -1.76. The van der Waals surface area contributed by atoms with Gasteiger partial charge in [-0.05, 0) is 6.08 Å².